The number of hydrogen-bond donors (Lipinski definition) is 1. The number of carbonyl (C=O) groups excluding carboxylic acids is 2. The van der Waals surface area contributed by atoms with E-state index in [1.54, 1.807) is 0 Å². The second-order valence-corrected chi connectivity index (χ2v) is 9.14. The summed E-state index contributed by atoms with van der Waals surface area (Å²) in [5.41, 5.74) is 1.94. The Balaban J connectivity index is 1.53. The van der Waals surface area contributed by atoms with Gasteiger partial charge in [0.05, 0.1) is 19.1 Å². The topological polar surface area (TPSA) is 55.4 Å². The van der Waals surface area contributed by atoms with Gasteiger partial charge in [0.15, 0.2) is 0 Å². The fourth-order valence-electron chi connectivity index (χ4n) is 6.14. The molecule has 1 amide bonds. The zero-order valence-corrected chi connectivity index (χ0v) is 16.5. The van der Waals surface area contributed by atoms with Gasteiger partial charge in [0, 0.05) is 5.41 Å². The van der Waals surface area contributed by atoms with Gasteiger partial charge >= 0.3 is 5.97 Å². The predicted octanol–water partition coefficient (Wildman–Crippen LogP) is 4.32. The zero-order chi connectivity index (χ0) is 19.0. The fraction of sp³-hybridized carbons (Fsp3) is 0.652. The van der Waals surface area contributed by atoms with Crippen molar-refractivity contribution >= 4 is 11.9 Å². The normalized spacial score (nSPS) is 32.1. The van der Waals surface area contributed by atoms with Crippen LogP contribution in [0.2, 0.25) is 0 Å². The Kier molecular flexibility index (Phi) is 5.00. The van der Waals surface area contributed by atoms with E-state index in [1.165, 1.54) is 24.8 Å². The molecule has 0 spiro atoms. The molecular weight excluding hydrogens is 338 g/mol. The number of carbonyl (C=O) groups is 2. The third kappa shape index (κ3) is 3.76. The first-order valence-corrected chi connectivity index (χ1v) is 10.5. The van der Waals surface area contributed by atoms with Gasteiger partial charge in [0.1, 0.15) is 0 Å². The van der Waals surface area contributed by atoms with Crippen molar-refractivity contribution < 1.29 is 14.3 Å². The SMILES string of the molecule is CCOC(=O)C[C@@H](NC(=O)C12CC3CC(CC(C3)C1)C2)c1ccc(C)cc1. The fourth-order valence-corrected chi connectivity index (χ4v) is 6.14. The summed E-state index contributed by atoms with van der Waals surface area (Å²) in [6.07, 6.45) is 7.24. The Bertz CT molecular complexity index is 674. The van der Waals surface area contributed by atoms with E-state index < -0.39 is 0 Å². The van der Waals surface area contributed by atoms with Gasteiger partial charge in [0.2, 0.25) is 5.91 Å². The van der Waals surface area contributed by atoms with Crippen LogP contribution in [0.4, 0.5) is 0 Å². The summed E-state index contributed by atoms with van der Waals surface area (Å²) in [4.78, 5) is 25.6. The van der Waals surface area contributed by atoms with E-state index in [4.69, 9.17) is 4.74 Å². The van der Waals surface area contributed by atoms with E-state index >= 15 is 0 Å². The Hall–Kier alpha value is -1.84. The Morgan fingerprint density at radius 2 is 1.63 bits per heavy atom. The van der Waals surface area contributed by atoms with Gasteiger partial charge in [-0.25, -0.2) is 0 Å². The summed E-state index contributed by atoms with van der Waals surface area (Å²) in [7, 11) is 0. The lowest BCUT2D eigenvalue weighted by molar-refractivity contribution is -0.148. The zero-order valence-electron chi connectivity index (χ0n) is 16.5. The van der Waals surface area contributed by atoms with Crippen molar-refractivity contribution in [1.29, 1.82) is 0 Å². The number of hydrogen-bond acceptors (Lipinski definition) is 3. The van der Waals surface area contributed by atoms with Crippen LogP contribution in [-0.2, 0) is 14.3 Å². The molecule has 4 aliphatic rings. The largest absolute Gasteiger partial charge is 0.466 e. The third-order valence-corrected chi connectivity index (χ3v) is 6.98. The highest BCUT2D eigenvalue weighted by Gasteiger charge is 2.54. The number of rotatable bonds is 6. The second-order valence-electron chi connectivity index (χ2n) is 9.14. The minimum Gasteiger partial charge on any atom is -0.466 e. The average molecular weight is 370 g/mol. The van der Waals surface area contributed by atoms with Gasteiger partial charge < -0.3 is 10.1 Å². The average Bonchev–Trinajstić information content (AvgIpc) is 2.61. The van der Waals surface area contributed by atoms with E-state index in [1.807, 2.05) is 38.1 Å². The molecule has 0 aliphatic heterocycles. The van der Waals surface area contributed by atoms with Gasteiger partial charge in [0.25, 0.3) is 0 Å². The smallest absolute Gasteiger partial charge is 0.308 e. The van der Waals surface area contributed by atoms with Gasteiger partial charge in [-0.2, -0.15) is 0 Å². The highest BCUT2D eigenvalue weighted by atomic mass is 16.5. The number of amides is 1. The summed E-state index contributed by atoms with van der Waals surface area (Å²) in [5, 5.41) is 3.26. The molecule has 1 N–H and O–H groups in total. The molecule has 4 fully saturated rings. The summed E-state index contributed by atoms with van der Waals surface area (Å²) in [6, 6.07) is 7.78. The lowest BCUT2D eigenvalue weighted by Crippen LogP contribution is -2.54. The summed E-state index contributed by atoms with van der Waals surface area (Å²) in [6.45, 7) is 4.22. The van der Waals surface area contributed by atoms with E-state index in [0.717, 1.165) is 42.6 Å². The second kappa shape index (κ2) is 7.29. The maximum absolute atomic E-state index is 13.4. The molecule has 0 saturated heterocycles. The van der Waals surface area contributed by atoms with Crippen LogP contribution >= 0.6 is 0 Å². The molecule has 0 unspecified atom stereocenters. The number of nitrogens with one attached hydrogen (secondary N) is 1. The summed E-state index contributed by atoms with van der Waals surface area (Å²) in [5.74, 6) is 2.09. The molecule has 0 radical (unpaired) electrons. The molecule has 0 aromatic heterocycles. The molecule has 4 saturated carbocycles. The van der Waals surface area contributed by atoms with Crippen molar-refractivity contribution in [3.63, 3.8) is 0 Å². The monoisotopic (exact) mass is 369 g/mol. The number of benzene rings is 1. The van der Waals surface area contributed by atoms with E-state index in [9.17, 15) is 9.59 Å². The molecule has 4 nitrogen and oxygen atoms in total. The molecule has 4 aliphatic carbocycles. The minimum atomic E-state index is -0.315. The molecule has 4 heteroatoms. The third-order valence-electron chi connectivity index (χ3n) is 6.98. The maximum Gasteiger partial charge on any atom is 0.308 e. The van der Waals surface area contributed by atoms with Crippen molar-refractivity contribution in [2.75, 3.05) is 6.61 Å². The van der Waals surface area contributed by atoms with Crippen molar-refractivity contribution in [2.24, 2.45) is 23.2 Å². The van der Waals surface area contributed by atoms with Crippen molar-refractivity contribution in [2.45, 2.75) is 64.8 Å². The van der Waals surface area contributed by atoms with Crippen LogP contribution in [0, 0.1) is 30.1 Å². The first-order chi connectivity index (χ1) is 13.0. The Morgan fingerprint density at radius 3 is 2.15 bits per heavy atom. The van der Waals surface area contributed by atoms with Gasteiger partial charge in [-0.1, -0.05) is 29.8 Å². The van der Waals surface area contributed by atoms with Crippen molar-refractivity contribution in [1.82, 2.24) is 5.32 Å². The molecule has 1 aromatic carbocycles. The highest BCUT2D eigenvalue weighted by molar-refractivity contribution is 5.84. The number of esters is 1. The first kappa shape index (κ1) is 18.5. The quantitative estimate of drug-likeness (QED) is 0.760. The standard InChI is InChI=1S/C23H31NO3/c1-3-27-21(25)11-20(19-6-4-15(2)5-7-19)24-22(26)23-12-16-8-17(13-23)10-18(9-16)14-23/h4-7,16-18,20H,3,8-14H2,1-2H3,(H,24,26)/t16?,17?,18?,20-,23?/m1/s1. The van der Waals surface area contributed by atoms with Crippen LogP contribution in [0.15, 0.2) is 24.3 Å². The molecular formula is C23H31NO3. The highest BCUT2D eigenvalue weighted by Crippen LogP contribution is 2.60. The van der Waals surface area contributed by atoms with Crippen LogP contribution in [0.5, 0.6) is 0 Å². The molecule has 5 rings (SSSR count). The van der Waals surface area contributed by atoms with E-state index in [-0.39, 0.29) is 29.8 Å². The van der Waals surface area contributed by atoms with Crippen LogP contribution in [-0.4, -0.2) is 18.5 Å². The molecule has 1 atom stereocenters. The Morgan fingerprint density at radius 1 is 1.07 bits per heavy atom. The lowest BCUT2D eigenvalue weighted by Gasteiger charge is -2.55. The molecule has 27 heavy (non-hydrogen) atoms. The van der Waals surface area contributed by atoms with Crippen LogP contribution in [0.1, 0.15) is 69.0 Å². The molecule has 146 valence electrons. The van der Waals surface area contributed by atoms with E-state index in [0.29, 0.717) is 6.61 Å². The number of ether oxygens (including phenoxy) is 1. The molecule has 4 bridgehead atoms. The molecule has 0 heterocycles. The van der Waals surface area contributed by atoms with Crippen LogP contribution in [0.25, 0.3) is 0 Å². The van der Waals surface area contributed by atoms with Gasteiger partial charge in [-0.05, 0) is 75.7 Å². The lowest BCUT2D eigenvalue weighted by atomic mass is 9.49. The van der Waals surface area contributed by atoms with Crippen molar-refractivity contribution in [3.05, 3.63) is 35.4 Å². The number of aryl methyl sites for hydroxylation is 1. The Labute approximate surface area is 162 Å². The van der Waals surface area contributed by atoms with Crippen LogP contribution < -0.4 is 5.32 Å². The summed E-state index contributed by atoms with van der Waals surface area (Å²) < 4.78 is 5.16. The summed E-state index contributed by atoms with van der Waals surface area (Å²) >= 11 is 0. The minimum absolute atomic E-state index is 0.163. The van der Waals surface area contributed by atoms with Gasteiger partial charge in [-0.3, -0.25) is 9.59 Å². The van der Waals surface area contributed by atoms with Gasteiger partial charge in [-0.15, -0.1) is 0 Å². The first-order valence-electron chi connectivity index (χ1n) is 10.5. The maximum atomic E-state index is 13.4. The van der Waals surface area contributed by atoms with Crippen molar-refractivity contribution in [3.8, 4) is 0 Å². The molecule has 1 aromatic rings. The van der Waals surface area contributed by atoms with Crippen LogP contribution in [0.3, 0.4) is 0 Å². The van der Waals surface area contributed by atoms with E-state index in [2.05, 4.69) is 5.32 Å². The predicted molar refractivity (Wildman–Crippen MR) is 104 cm³/mol.